The molecule has 26 heavy (non-hydrogen) atoms. The molecule has 2 aliphatic heterocycles. The zero-order valence-electron chi connectivity index (χ0n) is 14.0. The summed E-state index contributed by atoms with van der Waals surface area (Å²) in [5.41, 5.74) is 2.05. The fourth-order valence-corrected chi connectivity index (χ4v) is 4.52. The first-order chi connectivity index (χ1) is 12.6. The van der Waals surface area contributed by atoms with E-state index >= 15 is 0 Å². The standard InChI is InChI=1S/C18H18ClF2N3OS/c19-24-5-3-11(4-6-24)18-22-17(10-26-18)16-9-14(25-23-16)7-12-1-2-13(20)8-15(12)21/h1-2,8,10-11,14H,3-7,9H2. The second-order valence-corrected chi connectivity index (χ2v) is 8.03. The zero-order chi connectivity index (χ0) is 18.1. The minimum absolute atomic E-state index is 0.255. The molecule has 0 N–H and O–H groups in total. The van der Waals surface area contributed by atoms with E-state index < -0.39 is 11.6 Å². The van der Waals surface area contributed by atoms with Gasteiger partial charge in [-0.1, -0.05) is 11.2 Å². The highest BCUT2D eigenvalue weighted by Crippen LogP contribution is 2.32. The lowest BCUT2D eigenvalue weighted by Gasteiger charge is -2.25. The van der Waals surface area contributed by atoms with Crippen molar-refractivity contribution < 1.29 is 13.6 Å². The first kappa shape index (κ1) is 17.8. The van der Waals surface area contributed by atoms with E-state index in [2.05, 4.69) is 5.16 Å². The molecule has 1 unspecified atom stereocenters. The van der Waals surface area contributed by atoms with Crippen LogP contribution in [0.25, 0.3) is 0 Å². The van der Waals surface area contributed by atoms with Gasteiger partial charge in [0, 0.05) is 43.3 Å². The third kappa shape index (κ3) is 3.89. The predicted octanol–water partition coefficient (Wildman–Crippen LogP) is 4.49. The van der Waals surface area contributed by atoms with Crippen LogP contribution in [0.15, 0.2) is 28.7 Å². The quantitative estimate of drug-likeness (QED) is 0.713. The number of hydrogen-bond acceptors (Lipinski definition) is 5. The Hall–Kier alpha value is -1.57. The number of hydrogen-bond donors (Lipinski definition) is 0. The summed E-state index contributed by atoms with van der Waals surface area (Å²) in [5, 5.41) is 7.25. The van der Waals surface area contributed by atoms with Gasteiger partial charge < -0.3 is 4.84 Å². The summed E-state index contributed by atoms with van der Waals surface area (Å²) in [7, 11) is 0. The van der Waals surface area contributed by atoms with E-state index in [1.165, 1.54) is 12.1 Å². The Kier molecular flexibility index (Phi) is 5.20. The Morgan fingerprint density at radius 2 is 2.08 bits per heavy atom. The van der Waals surface area contributed by atoms with Crippen LogP contribution in [0, 0.1) is 11.6 Å². The average molecular weight is 398 g/mol. The van der Waals surface area contributed by atoms with Gasteiger partial charge in [0.2, 0.25) is 0 Å². The van der Waals surface area contributed by atoms with E-state index in [0.29, 0.717) is 24.3 Å². The number of aromatic nitrogens is 1. The minimum atomic E-state index is -0.578. The smallest absolute Gasteiger partial charge is 0.137 e. The van der Waals surface area contributed by atoms with Crippen LogP contribution in [0.3, 0.4) is 0 Å². The Morgan fingerprint density at radius 3 is 2.85 bits per heavy atom. The maximum atomic E-state index is 13.8. The molecule has 0 radical (unpaired) electrons. The zero-order valence-corrected chi connectivity index (χ0v) is 15.6. The number of thiazole rings is 1. The summed E-state index contributed by atoms with van der Waals surface area (Å²) in [6, 6.07) is 3.61. The topological polar surface area (TPSA) is 37.7 Å². The molecular weight excluding hydrogens is 380 g/mol. The molecule has 4 rings (SSSR count). The molecular formula is C18H18ClF2N3OS. The lowest BCUT2D eigenvalue weighted by Crippen LogP contribution is -2.25. The predicted molar refractivity (Wildman–Crippen MR) is 97.6 cm³/mol. The van der Waals surface area contributed by atoms with Crippen molar-refractivity contribution in [3.05, 3.63) is 51.5 Å². The van der Waals surface area contributed by atoms with Gasteiger partial charge >= 0.3 is 0 Å². The van der Waals surface area contributed by atoms with E-state index in [-0.39, 0.29) is 6.10 Å². The maximum Gasteiger partial charge on any atom is 0.137 e. The highest BCUT2D eigenvalue weighted by molar-refractivity contribution is 7.10. The Balaban J connectivity index is 1.38. The van der Waals surface area contributed by atoms with Crippen molar-refractivity contribution in [2.45, 2.75) is 37.7 Å². The van der Waals surface area contributed by atoms with Crippen molar-refractivity contribution >= 4 is 28.8 Å². The lowest BCUT2D eigenvalue weighted by atomic mass is 9.99. The average Bonchev–Trinajstić information content (AvgIpc) is 3.27. The molecule has 1 atom stereocenters. The minimum Gasteiger partial charge on any atom is -0.391 e. The summed E-state index contributed by atoms with van der Waals surface area (Å²) in [6.07, 6.45) is 2.68. The van der Waals surface area contributed by atoms with Gasteiger partial charge in [-0.2, -0.15) is 0 Å². The molecule has 0 amide bonds. The molecule has 1 fully saturated rings. The molecule has 1 aromatic carbocycles. The van der Waals surface area contributed by atoms with Gasteiger partial charge in [-0.15, -0.1) is 11.3 Å². The van der Waals surface area contributed by atoms with Gasteiger partial charge in [-0.3, -0.25) is 0 Å². The summed E-state index contributed by atoms with van der Waals surface area (Å²) in [4.78, 5) is 10.2. The van der Waals surface area contributed by atoms with Crippen molar-refractivity contribution in [1.29, 1.82) is 0 Å². The lowest BCUT2D eigenvalue weighted by molar-refractivity contribution is 0.0852. The third-order valence-corrected chi connectivity index (χ3v) is 6.15. The first-order valence-corrected chi connectivity index (χ1v) is 9.83. The number of piperidine rings is 1. The van der Waals surface area contributed by atoms with E-state index in [4.69, 9.17) is 21.6 Å². The number of benzene rings is 1. The summed E-state index contributed by atoms with van der Waals surface area (Å²) in [6.45, 7) is 1.74. The van der Waals surface area contributed by atoms with Crippen LogP contribution < -0.4 is 0 Å². The van der Waals surface area contributed by atoms with Crippen LogP contribution in [-0.2, 0) is 11.3 Å². The van der Waals surface area contributed by atoms with Crippen LogP contribution in [-0.4, -0.2) is 34.3 Å². The summed E-state index contributed by atoms with van der Waals surface area (Å²) in [5.74, 6) is -0.690. The van der Waals surface area contributed by atoms with E-state index in [9.17, 15) is 8.78 Å². The number of oxime groups is 1. The Bertz CT molecular complexity index is 821. The molecule has 138 valence electrons. The monoisotopic (exact) mass is 397 g/mol. The van der Waals surface area contributed by atoms with Gasteiger partial charge in [0.15, 0.2) is 0 Å². The number of rotatable bonds is 4. The first-order valence-electron chi connectivity index (χ1n) is 8.61. The second kappa shape index (κ2) is 7.58. The molecule has 0 spiro atoms. The van der Waals surface area contributed by atoms with Gasteiger partial charge in [-0.25, -0.2) is 18.2 Å². The van der Waals surface area contributed by atoms with Crippen LogP contribution in [0.4, 0.5) is 8.78 Å². The fourth-order valence-electron chi connectivity index (χ4n) is 3.32. The Morgan fingerprint density at radius 1 is 1.27 bits per heavy atom. The Labute approximate surface area is 159 Å². The largest absolute Gasteiger partial charge is 0.391 e. The molecule has 4 nitrogen and oxygen atoms in total. The van der Waals surface area contributed by atoms with Crippen molar-refractivity contribution in [1.82, 2.24) is 9.40 Å². The van der Waals surface area contributed by atoms with Crippen LogP contribution in [0.1, 0.15) is 41.4 Å². The normalized spacial score (nSPS) is 21.7. The highest BCUT2D eigenvalue weighted by Gasteiger charge is 2.27. The molecule has 0 aliphatic carbocycles. The van der Waals surface area contributed by atoms with E-state index in [1.807, 2.05) is 9.80 Å². The highest BCUT2D eigenvalue weighted by atomic mass is 35.5. The summed E-state index contributed by atoms with van der Waals surface area (Å²) >= 11 is 7.66. The van der Waals surface area contributed by atoms with Gasteiger partial charge in [0.25, 0.3) is 0 Å². The molecule has 8 heteroatoms. The van der Waals surface area contributed by atoms with Crippen molar-refractivity contribution in [3.63, 3.8) is 0 Å². The molecule has 1 aromatic heterocycles. The van der Waals surface area contributed by atoms with Crippen molar-refractivity contribution in [2.75, 3.05) is 13.1 Å². The van der Waals surface area contributed by atoms with Crippen molar-refractivity contribution in [3.8, 4) is 0 Å². The fraction of sp³-hybridized carbons (Fsp3) is 0.444. The van der Waals surface area contributed by atoms with Crippen LogP contribution >= 0.6 is 23.1 Å². The van der Waals surface area contributed by atoms with Gasteiger partial charge in [-0.05, 0) is 36.2 Å². The van der Waals surface area contributed by atoms with Gasteiger partial charge in [0.05, 0.1) is 10.7 Å². The van der Waals surface area contributed by atoms with Gasteiger partial charge in [0.1, 0.15) is 23.5 Å². The third-order valence-electron chi connectivity index (χ3n) is 4.80. The van der Waals surface area contributed by atoms with Crippen LogP contribution in [0.2, 0.25) is 0 Å². The molecule has 2 aromatic rings. The molecule has 3 heterocycles. The molecule has 1 saturated heterocycles. The maximum absolute atomic E-state index is 13.8. The number of halogens is 3. The van der Waals surface area contributed by atoms with E-state index in [0.717, 1.165) is 48.4 Å². The SMILES string of the molecule is Fc1ccc(CC2CC(c3csc(C4CCN(Cl)CC4)n3)=NO2)c(F)c1. The van der Waals surface area contributed by atoms with Crippen LogP contribution in [0.5, 0.6) is 0 Å². The second-order valence-electron chi connectivity index (χ2n) is 6.66. The molecule has 0 saturated carbocycles. The van der Waals surface area contributed by atoms with E-state index in [1.54, 1.807) is 11.3 Å². The number of nitrogens with zero attached hydrogens (tertiary/aromatic N) is 3. The summed E-state index contributed by atoms with van der Waals surface area (Å²) < 4.78 is 28.6. The van der Waals surface area contributed by atoms with Crippen molar-refractivity contribution in [2.24, 2.45) is 5.16 Å². The molecule has 2 aliphatic rings. The molecule has 0 bridgehead atoms.